The van der Waals surface area contributed by atoms with Crippen molar-refractivity contribution in [3.8, 4) is 0 Å². The molecule has 0 saturated carbocycles. The summed E-state index contributed by atoms with van der Waals surface area (Å²) in [7, 11) is 0. The molecule has 3 N–H and O–H groups in total. The molecule has 0 unspecified atom stereocenters. The van der Waals surface area contributed by atoms with E-state index in [1.54, 1.807) is 0 Å². The van der Waals surface area contributed by atoms with Gasteiger partial charge in [0, 0.05) is 19.5 Å². The van der Waals surface area contributed by atoms with Gasteiger partial charge in [0.1, 0.15) is 0 Å². The first-order valence-electron chi connectivity index (χ1n) is 5.23. The van der Waals surface area contributed by atoms with E-state index in [0.717, 1.165) is 26.2 Å². The van der Waals surface area contributed by atoms with Crippen molar-refractivity contribution in [2.24, 2.45) is 5.73 Å². The maximum Gasteiger partial charge on any atom is 0.0918 e. The molecule has 0 aliphatic heterocycles. The van der Waals surface area contributed by atoms with Gasteiger partial charge in [-0.05, 0) is 20.4 Å². The fourth-order valence-corrected chi connectivity index (χ4v) is 1.12. The number of nitrogens with two attached hydrogens (primary N) is 1. The maximum absolute atomic E-state index is 7.13. The normalized spacial score (nSPS) is 11.2. The van der Waals surface area contributed by atoms with E-state index in [4.69, 9.17) is 15.9 Å². The van der Waals surface area contributed by atoms with Crippen LogP contribution in [0.1, 0.15) is 27.2 Å². The highest BCUT2D eigenvalue weighted by Gasteiger charge is 2.03. The minimum absolute atomic E-state index is 0.258. The van der Waals surface area contributed by atoms with Gasteiger partial charge in [-0.25, -0.2) is 0 Å². The number of hydrogen-bond acceptors (Lipinski definition) is 3. The Bertz CT molecular complexity index is 159. The summed E-state index contributed by atoms with van der Waals surface area (Å²) in [5, 5.41) is 7.13. The van der Waals surface area contributed by atoms with Gasteiger partial charge >= 0.3 is 0 Å². The third kappa shape index (κ3) is 8.01. The zero-order valence-corrected chi connectivity index (χ0v) is 9.55. The summed E-state index contributed by atoms with van der Waals surface area (Å²) in [6, 6.07) is 0. The molecular weight excluding hydrogens is 178 g/mol. The molecule has 0 radical (unpaired) electrons. The molecule has 0 bridgehead atoms. The monoisotopic (exact) mass is 201 g/mol. The lowest BCUT2D eigenvalue weighted by atomic mass is 10.3. The van der Waals surface area contributed by atoms with Crippen LogP contribution >= 0.6 is 0 Å². The van der Waals surface area contributed by atoms with Gasteiger partial charge in [-0.3, -0.25) is 5.41 Å². The Hall–Kier alpha value is -0.610. The van der Waals surface area contributed by atoms with E-state index in [2.05, 4.69) is 11.8 Å². The number of ether oxygens (including phenoxy) is 1. The summed E-state index contributed by atoms with van der Waals surface area (Å²) in [5.41, 5.74) is 5.30. The van der Waals surface area contributed by atoms with Crippen molar-refractivity contribution in [3.63, 3.8) is 0 Å². The molecule has 0 aromatic heterocycles. The standard InChI is InChI=1S/C10H23N3O/c1-4-13(6-5-10(11)12)7-8-14-9(2)3/h9H,4-8H2,1-3H3,(H3,11,12). The van der Waals surface area contributed by atoms with Crippen LogP contribution in [0, 0.1) is 5.41 Å². The smallest absolute Gasteiger partial charge is 0.0918 e. The number of likely N-dealkylation sites (N-methyl/N-ethyl adjacent to an activating group) is 1. The van der Waals surface area contributed by atoms with Gasteiger partial charge in [-0.15, -0.1) is 0 Å². The van der Waals surface area contributed by atoms with Crippen LogP contribution in [0.2, 0.25) is 0 Å². The molecule has 0 fully saturated rings. The Kier molecular flexibility index (Phi) is 7.42. The van der Waals surface area contributed by atoms with Gasteiger partial charge in [-0.2, -0.15) is 0 Å². The molecule has 4 nitrogen and oxygen atoms in total. The molecular formula is C10H23N3O. The van der Waals surface area contributed by atoms with Crippen molar-refractivity contribution in [1.82, 2.24) is 4.90 Å². The summed E-state index contributed by atoms with van der Waals surface area (Å²) in [6.45, 7) is 9.68. The minimum Gasteiger partial charge on any atom is -0.388 e. The summed E-state index contributed by atoms with van der Waals surface area (Å²) in [4.78, 5) is 2.24. The topological polar surface area (TPSA) is 62.3 Å². The zero-order chi connectivity index (χ0) is 11.0. The SMILES string of the molecule is CCN(CCOC(C)C)CCC(=N)N. The summed E-state index contributed by atoms with van der Waals surface area (Å²) >= 11 is 0. The van der Waals surface area contributed by atoms with Crippen molar-refractivity contribution in [3.05, 3.63) is 0 Å². The molecule has 14 heavy (non-hydrogen) atoms. The second kappa shape index (κ2) is 7.76. The van der Waals surface area contributed by atoms with E-state index in [0.29, 0.717) is 12.5 Å². The largest absolute Gasteiger partial charge is 0.388 e. The Morgan fingerprint density at radius 3 is 2.50 bits per heavy atom. The molecule has 0 aliphatic carbocycles. The van der Waals surface area contributed by atoms with Crippen molar-refractivity contribution in [2.75, 3.05) is 26.2 Å². The van der Waals surface area contributed by atoms with Crippen molar-refractivity contribution in [1.29, 1.82) is 5.41 Å². The fraction of sp³-hybridized carbons (Fsp3) is 0.900. The van der Waals surface area contributed by atoms with Gasteiger partial charge in [0.2, 0.25) is 0 Å². The molecule has 0 aliphatic rings. The van der Waals surface area contributed by atoms with Crippen LogP contribution in [0.25, 0.3) is 0 Å². The van der Waals surface area contributed by atoms with Crippen LogP contribution in [-0.2, 0) is 4.74 Å². The lowest BCUT2D eigenvalue weighted by molar-refractivity contribution is 0.0605. The van der Waals surface area contributed by atoms with Gasteiger partial charge in [0.15, 0.2) is 0 Å². The van der Waals surface area contributed by atoms with Crippen molar-refractivity contribution in [2.45, 2.75) is 33.3 Å². The van der Waals surface area contributed by atoms with Crippen LogP contribution in [0.5, 0.6) is 0 Å². The Labute approximate surface area is 86.9 Å². The van der Waals surface area contributed by atoms with E-state index < -0.39 is 0 Å². The average molecular weight is 201 g/mol. The highest BCUT2D eigenvalue weighted by Crippen LogP contribution is 1.93. The molecule has 0 heterocycles. The molecule has 4 heteroatoms. The number of nitrogens with zero attached hydrogens (tertiary/aromatic N) is 1. The first-order chi connectivity index (χ1) is 6.56. The predicted molar refractivity (Wildman–Crippen MR) is 59.7 cm³/mol. The average Bonchev–Trinajstić information content (AvgIpc) is 2.10. The second-order valence-electron chi connectivity index (χ2n) is 3.63. The van der Waals surface area contributed by atoms with E-state index in [9.17, 15) is 0 Å². The van der Waals surface area contributed by atoms with Crippen LogP contribution < -0.4 is 5.73 Å². The number of amidine groups is 1. The van der Waals surface area contributed by atoms with Crippen molar-refractivity contribution < 1.29 is 4.74 Å². The summed E-state index contributed by atoms with van der Waals surface area (Å²) in [6.07, 6.45) is 0.941. The van der Waals surface area contributed by atoms with Gasteiger partial charge in [-0.1, -0.05) is 6.92 Å². The lowest BCUT2D eigenvalue weighted by Gasteiger charge is -2.20. The van der Waals surface area contributed by atoms with E-state index >= 15 is 0 Å². The first kappa shape index (κ1) is 13.4. The van der Waals surface area contributed by atoms with Crippen LogP contribution in [0.4, 0.5) is 0 Å². The van der Waals surface area contributed by atoms with E-state index in [1.165, 1.54) is 0 Å². The van der Waals surface area contributed by atoms with Crippen molar-refractivity contribution >= 4 is 5.84 Å². The quantitative estimate of drug-likeness (QED) is 0.456. The first-order valence-corrected chi connectivity index (χ1v) is 5.23. The Morgan fingerprint density at radius 1 is 1.43 bits per heavy atom. The molecule has 84 valence electrons. The molecule has 0 aromatic rings. The minimum atomic E-state index is 0.258. The molecule has 0 aromatic carbocycles. The lowest BCUT2D eigenvalue weighted by Crippen LogP contribution is -2.31. The summed E-state index contributed by atoms with van der Waals surface area (Å²) in [5.74, 6) is 0.258. The maximum atomic E-state index is 7.13. The fourth-order valence-electron chi connectivity index (χ4n) is 1.12. The van der Waals surface area contributed by atoms with Gasteiger partial charge in [0.25, 0.3) is 0 Å². The molecule has 0 amide bonds. The predicted octanol–water partition coefficient (Wildman–Crippen LogP) is 1.06. The number of hydrogen-bond donors (Lipinski definition) is 2. The molecule has 0 rings (SSSR count). The van der Waals surface area contributed by atoms with Gasteiger partial charge in [0.05, 0.1) is 18.5 Å². The van der Waals surface area contributed by atoms with Crippen LogP contribution in [-0.4, -0.2) is 43.1 Å². The Morgan fingerprint density at radius 2 is 2.07 bits per heavy atom. The molecule has 0 spiro atoms. The Balaban J connectivity index is 3.52. The van der Waals surface area contributed by atoms with E-state index in [1.807, 2.05) is 13.8 Å². The highest BCUT2D eigenvalue weighted by molar-refractivity contribution is 5.76. The van der Waals surface area contributed by atoms with E-state index in [-0.39, 0.29) is 5.84 Å². The molecule has 0 atom stereocenters. The number of rotatable bonds is 8. The van der Waals surface area contributed by atoms with Gasteiger partial charge < -0.3 is 15.4 Å². The molecule has 0 saturated heterocycles. The highest BCUT2D eigenvalue weighted by atomic mass is 16.5. The van der Waals surface area contributed by atoms with Crippen LogP contribution in [0.3, 0.4) is 0 Å². The third-order valence-corrected chi connectivity index (χ3v) is 2.00. The second-order valence-corrected chi connectivity index (χ2v) is 3.63. The summed E-state index contributed by atoms with van der Waals surface area (Å²) < 4.78 is 5.45. The zero-order valence-electron chi connectivity index (χ0n) is 9.55. The van der Waals surface area contributed by atoms with Crippen LogP contribution in [0.15, 0.2) is 0 Å². The number of nitrogens with one attached hydrogen (secondary N) is 1. The third-order valence-electron chi connectivity index (χ3n) is 2.00.